The molecule has 2 aromatic rings. The van der Waals surface area contributed by atoms with Gasteiger partial charge in [-0.3, -0.25) is 14.5 Å². The van der Waals surface area contributed by atoms with Crippen LogP contribution >= 0.6 is 0 Å². The maximum Gasteiger partial charge on any atom is 0.322 e. The van der Waals surface area contributed by atoms with E-state index in [0.29, 0.717) is 29.0 Å². The Morgan fingerprint density at radius 3 is 2.79 bits per heavy atom. The van der Waals surface area contributed by atoms with Crippen molar-refractivity contribution in [1.82, 2.24) is 5.32 Å². The van der Waals surface area contributed by atoms with Crippen molar-refractivity contribution < 1.29 is 18.8 Å². The third-order valence-corrected chi connectivity index (χ3v) is 4.33. The average molecular weight is 384 g/mol. The van der Waals surface area contributed by atoms with E-state index in [1.165, 1.54) is 11.0 Å². The van der Waals surface area contributed by atoms with E-state index < -0.39 is 6.03 Å². The molecule has 7 nitrogen and oxygen atoms in total. The van der Waals surface area contributed by atoms with Crippen molar-refractivity contribution in [3.8, 4) is 0 Å². The molecule has 1 aliphatic rings. The van der Waals surface area contributed by atoms with E-state index in [0.717, 1.165) is 0 Å². The van der Waals surface area contributed by atoms with Gasteiger partial charge in [0.25, 0.3) is 0 Å². The molecule has 2 aromatic carbocycles. The zero-order valence-electron chi connectivity index (χ0n) is 15.4. The summed E-state index contributed by atoms with van der Waals surface area (Å²) in [6.07, 6.45) is 0.584. The van der Waals surface area contributed by atoms with Gasteiger partial charge < -0.3 is 16.0 Å². The molecule has 1 heterocycles. The van der Waals surface area contributed by atoms with Crippen molar-refractivity contribution >= 4 is 34.9 Å². The van der Waals surface area contributed by atoms with E-state index in [2.05, 4.69) is 16.0 Å². The Bertz CT molecular complexity index is 916. The van der Waals surface area contributed by atoms with E-state index in [1.807, 2.05) is 0 Å². The van der Waals surface area contributed by atoms with Crippen LogP contribution in [0.25, 0.3) is 0 Å². The number of hydrogen-bond donors (Lipinski definition) is 3. The Labute approximate surface area is 161 Å². The number of amides is 4. The fraction of sp³-hybridized carbons (Fsp3) is 0.250. The van der Waals surface area contributed by atoms with Gasteiger partial charge in [-0.05, 0) is 43.2 Å². The molecule has 0 saturated carbocycles. The van der Waals surface area contributed by atoms with Crippen LogP contribution in [0.15, 0.2) is 42.5 Å². The molecule has 0 radical (unpaired) electrons. The molecule has 3 rings (SSSR count). The minimum absolute atomic E-state index is 0.0671. The zero-order chi connectivity index (χ0) is 20.1. The first-order chi connectivity index (χ1) is 13.4. The summed E-state index contributed by atoms with van der Waals surface area (Å²) in [5.74, 6) is -0.908. The highest BCUT2D eigenvalue weighted by Crippen LogP contribution is 2.28. The van der Waals surface area contributed by atoms with Gasteiger partial charge in [-0.25, -0.2) is 9.18 Å². The first kappa shape index (κ1) is 19.3. The predicted octanol–water partition coefficient (Wildman–Crippen LogP) is 3.02. The van der Waals surface area contributed by atoms with Crippen LogP contribution in [0.1, 0.15) is 18.4 Å². The lowest BCUT2D eigenvalue weighted by Gasteiger charge is -2.29. The van der Waals surface area contributed by atoms with Crippen molar-refractivity contribution in [2.75, 3.05) is 28.6 Å². The van der Waals surface area contributed by atoms with Crippen molar-refractivity contribution in [2.24, 2.45) is 0 Å². The SMILES string of the molecule is Cc1ccc(NC(=O)CCCNC(=O)N2CC(=O)Nc3ccccc32)cc1F. The lowest BCUT2D eigenvalue weighted by molar-refractivity contribution is -0.116. The molecule has 3 N–H and O–H groups in total. The van der Waals surface area contributed by atoms with Crippen LogP contribution in [-0.2, 0) is 9.59 Å². The van der Waals surface area contributed by atoms with Gasteiger partial charge in [-0.2, -0.15) is 0 Å². The summed E-state index contributed by atoms with van der Waals surface area (Å²) < 4.78 is 13.5. The Hall–Kier alpha value is -3.42. The maximum absolute atomic E-state index is 13.5. The van der Waals surface area contributed by atoms with E-state index >= 15 is 0 Å². The number of halogens is 1. The summed E-state index contributed by atoms with van der Waals surface area (Å²) in [7, 11) is 0. The molecule has 0 bridgehead atoms. The molecular formula is C20H21FN4O3. The molecule has 146 valence electrons. The maximum atomic E-state index is 13.5. The van der Waals surface area contributed by atoms with E-state index in [4.69, 9.17) is 0 Å². The molecule has 0 saturated heterocycles. The van der Waals surface area contributed by atoms with Crippen molar-refractivity contribution in [1.29, 1.82) is 0 Å². The molecule has 0 aromatic heterocycles. The highest BCUT2D eigenvalue weighted by atomic mass is 19.1. The molecule has 1 aliphatic heterocycles. The molecule has 0 atom stereocenters. The molecule has 0 spiro atoms. The second-order valence-electron chi connectivity index (χ2n) is 6.50. The molecule has 0 aliphatic carbocycles. The fourth-order valence-electron chi connectivity index (χ4n) is 2.85. The van der Waals surface area contributed by atoms with Crippen LogP contribution in [0.3, 0.4) is 0 Å². The molecule has 0 unspecified atom stereocenters. The van der Waals surface area contributed by atoms with Crippen molar-refractivity contribution in [3.63, 3.8) is 0 Å². The molecule has 0 fully saturated rings. The number of para-hydroxylation sites is 2. The van der Waals surface area contributed by atoms with Crippen LogP contribution in [-0.4, -0.2) is 30.9 Å². The summed E-state index contributed by atoms with van der Waals surface area (Å²) in [4.78, 5) is 37.5. The lowest BCUT2D eigenvalue weighted by atomic mass is 10.2. The first-order valence-electron chi connectivity index (χ1n) is 8.94. The topological polar surface area (TPSA) is 90.5 Å². The largest absolute Gasteiger partial charge is 0.338 e. The van der Waals surface area contributed by atoms with Gasteiger partial charge in [0.15, 0.2) is 0 Å². The van der Waals surface area contributed by atoms with Crippen LogP contribution in [0.2, 0.25) is 0 Å². The highest BCUT2D eigenvalue weighted by molar-refractivity contribution is 6.09. The van der Waals surface area contributed by atoms with Gasteiger partial charge in [0.1, 0.15) is 12.4 Å². The third kappa shape index (κ3) is 4.64. The van der Waals surface area contributed by atoms with E-state index in [-0.39, 0.29) is 37.1 Å². The van der Waals surface area contributed by atoms with Crippen molar-refractivity contribution in [2.45, 2.75) is 19.8 Å². The van der Waals surface area contributed by atoms with Crippen molar-refractivity contribution in [3.05, 3.63) is 53.8 Å². The fourth-order valence-corrected chi connectivity index (χ4v) is 2.85. The average Bonchev–Trinajstić information content (AvgIpc) is 2.67. The van der Waals surface area contributed by atoms with Gasteiger partial charge >= 0.3 is 6.03 Å². The predicted molar refractivity (Wildman–Crippen MR) is 105 cm³/mol. The Morgan fingerprint density at radius 2 is 2.00 bits per heavy atom. The molecule has 28 heavy (non-hydrogen) atoms. The van der Waals surface area contributed by atoms with Crippen LogP contribution < -0.4 is 20.9 Å². The highest BCUT2D eigenvalue weighted by Gasteiger charge is 2.26. The number of anilines is 3. The summed E-state index contributed by atoms with van der Waals surface area (Å²) in [5.41, 5.74) is 2.11. The number of nitrogens with one attached hydrogen (secondary N) is 3. The minimum atomic E-state index is -0.400. The number of fused-ring (bicyclic) bond motifs is 1. The standard InChI is InChI=1S/C20H21FN4O3/c1-13-8-9-14(11-15(13)21)23-18(26)7-4-10-22-20(28)25-12-19(27)24-16-5-2-3-6-17(16)25/h2-3,5-6,8-9,11H,4,7,10,12H2,1H3,(H,22,28)(H,23,26)(H,24,27). The quantitative estimate of drug-likeness (QED) is 0.692. The third-order valence-electron chi connectivity index (χ3n) is 4.33. The Morgan fingerprint density at radius 1 is 1.21 bits per heavy atom. The Kier molecular flexibility index (Phi) is 5.88. The molecule has 8 heteroatoms. The number of nitrogens with zero attached hydrogens (tertiary/aromatic N) is 1. The van der Waals surface area contributed by atoms with Crippen LogP contribution in [0.5, 0.6) is 0 Å². The summed E-state index contributed by atoms with van der Waals surface area (Å²) >= 11 is 0. The normalized spacial score (nSPS) is 12.8. The van der Waals surface area contributed by atoms with E-state index in [9.17, 15) is 18.8 Å². The number of benzene rings is 2. The smallest absolute Gasteiger partial charge is 0.322 e. The summed E-state index contributed by atoms with van der Waals surface area (Å²) in [6.45, 7) is 1.85. The van der Waals surface area contributed by atoms with Crippen LogP contribution in [0.4, 0.5) is 26.2 Å². The van der Waals surface area contributed by atoms with Crippen LogP contribution in [0, 0.1) is 12.7 Å². The number of carbonyl (C=O) groups excluding carboxylic acids is 3. The summed E-state index contributed by atoms with van der Waals surface area (Å²) in [5, 5.41) is 8.06. The zero-order valence-corrected chi connectivity index (χ0v) is 15.4. The minimum Gasteiger partial charge on any atom is -0.338 e. The van der Waals surface area contributed by atoms with Gasteiger partial charge in [0.05, 0.1) is 11.4 Å². The molecular weight excluding hydrogens is 363 g/mol. The number of aryl methyl sites for hydroxylation is 1. The summed E-state index contributed by atoms with van der Waals surface area (Å²) in [6, 6.07) is 11.1. The number of hydrogen-bond acceptors (Lipinski definition) is 3. The van der Waals surface area contributed by atoms with Gasteiger partial charge in [-0.15, -0.1) is 0 Å². The van der Waals surface area contributed by atoms with Gasteiger partial charge in [-0.1, -0.05) is 18.2 Å². The number of urea groups is 1. The first-order valence-corrected chi connectivity index (χ1v) is 8.94. The van der Waals surface area contributed by atoms with Gasteiger partial charge in [0, 0.05) is 18.7 Å². The second kappa shape index (κ2) is 8.51. The van der Waals surface area contributed by atoms with Gasteiger partial charge in [0.2, 0.25) is 11.8 Å². The second-order valence-corrected chi connectivity index (χ2v) is 6.50. The molecule has 4 amide bonds. The number of carbonyl (C=O) groups is 3. The number of rotatable bonds is 5. The van der Waals surface area contributed by atoms with E-state index in [1.54, 1.807) is 43.3 Å². The lowest BCUT2D eigenvalue weighted by Crippen LogP contribution is -2.47. The monoisotopic (exact) mass is 384 g/mol. The Balaban J connectivity index is 1.46.